The van der Waals surface area contributed by atoms with Crippen LogP contribution in [0.25, 0.3) is 11.4 Å². The zero-order valence-electron chi connectivity index (χ0n) is 15.9. The Morgan fingerprint density at radius 2 is 1.82 bits per heavy atom. The number of benzene rings is 2. The number of carbonyl (C=O) groups is 1. The summed E-state index contributed by atoms with van der Waals surface area (Å²) in [5, 5.41) is 12.1. The minimum absolute atomic E-state index is 0.0312. The molecule has 3 rings (SSSR count). The standard InChI is InChI=1S/C21H23FN4OS/c1-15(2)12-23-19(27)14-28-21-25-24-20(17-8-10-18(22)11-9-17)26(21)13-16-6-4-3-5-7-16/h3-11,15H,12-14H2,1-2H3,(H,23,27). The van der Waals surface area contributed by atoms with E-state index in [4.69, 9.17) is 0 Å². The molecular weight excluding hydrogens is 375 g/mol. The number of nitrogens with one attached hydrogen (secondary N) is 1. The zero-order chi connectivity index (χ0) is 19.9. The summed E-state index contributed by atoms with van der Waals surface area (Å²) in [7, 11) is 0. The molecule has 5 nitrogen and oxygen atoms in total. The minimum atomic E-state index is -0.297. The molecule has 2 aromatic carbocycles. The van der Waals surface area contributed by atoms with Gasteiger partial charge in [0.1, 0.15) is 5.82 Å². The maximum atomic E-state index is 13.3. The lowest BCUT2D eigenvalue weighted by molar-refractivity contribution is -0.118. The SMILES string of the molecule is CC(C)CNC(=O)CSc1nnc(-c2ccc(F)cc2)n1Cc1ccccc1. The van der Waals surface area contributed by atoms with Gasteiger partial charge in [0.2, 0.25) is 5.91 Å². The smallest absolute Gasteiger partial charge is 0.230 e. The van der Waals surface area contributed by atoms with Crippen LogP contribution in [-0.4, -0.2) is 33.0 Å². The molecular formula is C21H23FN4OS. The normalized spacial score (nSPS) is 11.0. The van der Waals surface area contributed by atoms with E-state index in [-0.39, 0.29) is 17.5 Å². The van der Waals surface area contributed by atoms with Gasteiger partial charge in [-0.3, -0.25) is 9.36 Å². The van der Waals surface area contributed by atoms with Crippen LogP contribution in [0.15, 0.2) is 59.8 Å². The van der Waals surface area contributed by atoms with Crippen molar-refractivity contribution in [2.45, 2.75) is 25.5 Å². The van der Waals surface area contributed by atoms with Crippen LogP contribution in [0, 0.1) is 11.7 Å². The van der Waals surface area contributed by atoms with Gasteiger partial charge in [0, 0.05) is 12.1 Å². The van der Waals surface area contributed by atoms with Crippen LogP contribution in [0.5, 0.6) is 0 Å². The lowest BCUT2D eigenvalue weighted by Gasteiger charge is -2.11. The van der Waals surface area contributed by atoms with E-state index in [9.17, 15) is 9.18 Å². The van der Waals surface area contributed by atoms with Crippen LogP contribution in [0.4, 0.5) is 4.39 Å². The fraction of sp³-hybridized carbons (Fsp3) is 0.286. The molecule has 3 aromatic rings. The fourth-order valence-electron chi connectivity index (χ4n) is 2.62. The second kappa shape index (κ2) is 9.50. The Morgan fingerprint density at radius 1 is 1.11 bits per heavy atom. The predicted molar refractivity (Wildman–Crippen MR) is 110 cm³/mol. The predicted octanol–water partition coefficient (Wildman–Crippen LogP) is 4.00. The maximum absolute atomic E-state index is 13.3. The van der Waals surface area contributed by atoms with Crippen molar-refractivity contribution in [1.29, 1.82) is 0 Å². The quantitative estimate of drug-likeness (QED) is 0.583. The van der Waals surface area contributed by atoms with E-state index in [1.807, 2.05) is 34.9 Å². The van der Waals surface area contributed by atoms with Crippen molar-refractivity contribution in [1.82, 2.24) is 20.1 Å². The van der Waals surface area contributed by atoms with Crippen molar-refractivity contribution >= 4 is 17.7 Å². The Balaban J connectivity index is 1.83. The van der Waals surface area contributed by atoms with Gasteiger partial charge in [-0.05, 0) is 35.7 Å². The number of nitrogens with zero attached hydrogens (tertiary/aromatic N) is 3. The molecule has 28 heavy (non-hydrogen) atoms. The van der Waals surface area contributed by atoms with Crippen LogP contribution in [0.2, 0.25) is 0 Å². The summed E-state index contributed by atoms with van der Waals surface area (Å²) in [4.78, 5) is 12.1. The van der Waals surface area contributed by atoms with Crippen LogP contribution >= 0.6 is 11.8 Å². The molecule has 0 aliphatic carbocycles. The fourth-order valence-corrected chi connectivity index (χ4v) is 3.38. The van der Waals surface area contributed by atoms with E-state index < -0.39 is 0 Å². The van der Waals surface area contributed by atoms with Gasteiger partial charge >= 0.3 is 0 Å². The van der Waals surface area contributed by atoms with E-state index in [1.54, 1.807) is 12.1 Å². The number of carbonyl (C=O) groups excluding carboxylic acids is 1. The van der Waals surface area contributed by atoms with Gasteiger partial charge in [0.25, 0.3) is 0 Å². The average Bonchev–Trinajstić information content (AvgIpc) is 3.08. The van der Waals surface area contributed by atoms with Gasteiger partial charge < -0.3 is 5.32 Å². The molecule has 7 heteroatoms. The number of thioether (sulfide) groups is 1. The van der Waals surface area contributed by atoms with Gasteiger partial charge in [-0.15, -0.1) is 10.2 Å². The number of aromatic nitrogens is 3. The van der Waals surface area contributed by atoms with Gasteiger partial charge in [-0.25, -0.2) is 4.39 Å². The molecule has 146 valence electrons. The van der Waals surface area contributed by atoms with Gasteiger partial charge in [-0.2, -0.15) is 0 Å². The Labute approximate surface area is 168 Å². The molecule has 1 N–H and O–H groups in total. The van der Waals surface area contributed by atoms with Crippen molar-refractivity contribution in [2.24, 2.45) is 5.92 Å². The molecule has 0 saturated heterocycles. The van der Waals surface area contributed by atoms with Crippen molar-refractivity contribution in [2.75, 3.05) is 12.3 Å². The molecule has 0 aliphatic rings. The van der Waals surface area contributed by atoms with Crippen LogP contribution < -0.4 is 5.32 Å². The molecule has 1 amide bonds. The number of halogens is 1. The van der Waals surface area contributed by atoms with Gasteiger partial charge in [-0.1, -0.05) is 55.9 Å². The molecule has 0 saturated carbocycles. The van der Waals surface area contributed by atoms with Crippen molar-refractivity contribution < 1.29 is 9.18 Å². The first kappa shape index (κ1) is 20.1. The molecule has 1 aromatic heterocycles. The monoisotopic (exact) mass is 398 g/mol. The molecule has 0 aliphatic heterocycles. The van der Waals surface area contributed by atoms with E-state index >= 15 is 0 Å². The number of hydrogen-bond donors (Lipinski definition) is 1. The van der Waals surface area contributed by atoms with Crippen LogP contribution in [0.1, 0.15) is 19.4 Å². The topological polar surface area (TPSA) is 59.8 Å². The minimum Gasteiger partial charge on any atom is -0.355 e. The van der Waals surface area contributed by atoms with Gasteiger partial charge in [0.05, 0.1) is 12.3 Å². The highest BCUT2D eigenvalue weighted by atomic mass is 32.2. The molecule has 0 atom stereocenters. The molecule has 0 unspecified atom stereocenters. The summed E-state index contributed by atoms with van der Waals surface area (Å²) in [6.07, 6.45) is 0. The maximum Gasteiger partial charge on any atom is 0.230 e. The third-order valence-corrected chi connectivity index (χ3v) is 5.01. The summed E-state index contributed by atoms with van der Waals surface area (Å²) in [6.45, 7) is 5.32. The summed E-state index contributed by atoms with van der Waals surface area (Å²) in [6, 6.07) is 16.1. The zero-order valence-corrected chi connectivity index (χ0v) is 16.7. The summed E-state index contributed by atoms with van der Waals surface area (Å²) in [5.41, 5.74) is 1.87. The third-order valence-electron chi connectivity index (χ3n) is 4.04. The second-order valence-corrected chi connectivity index (χ2v) is 7.81. The molecule has 0 bridgehead atoms. The molecule has 0 spiro atoms. The largest absolute Gasteiger partial charge is 0.355 e. The molecule has 0 fully saturated rings. The van der Waals surface area contributed by atoms with E-state index in [2.05, 4.69) is 29.4 Å². The van der Waals surface area contributed by atoms with Crippen molar-refractivity contribution in [3.8, 4) is 11.4 Å². The van der Waals surface area contributed by atoms with Crippen LogP contribution in [0.3, 0.4) is 0 Å². The molecule has 1 heterocycles. The first-order chi connectivity index (χ1) is 13.5. The first-order valence-corrected chi connectivity index (χ1v) is 10.1. The Hall–Kier alpha value is -2.67. The summed E-state index contributed by atoms with van der Waals surface area (Å²) >= 11 is 1.35. The Kier molecular flexibility index (Phi) is 6.81. The molecule has 0 radical (unpaired) electrons. The van der Waals surface area contributed by atoms with Crippen LogP contribution in [-0.2, 0) is 11.3 Å². The third kappa shape index (κ3) is 5.42. The highest BCUT2D eigenvalue weighted by Crippen LogP contribution is 2.25. The highest BCUT2D eigenvalue weighted by molar-refractivity contribution is 7.99. The number of amides is 1. The van der Waals surface area contributed by atoms with E-state index in [1.165, 1.54) is 23.9 Å². The lowest BCUT2D eigenvalue weighted by atomic mass is 10.2. The Morgan fingerprint density at radius 3 is 2.50 bits per heavy atom. The van der Waals surface area contributed by atoms with E-state index in [0.717, 1.165) is 11.1 Å². The number of rotatable bonds is 8. The van der Waals surface area contributed by atoms with Crippen molar-refractivity contribution in [3.63, 3.8) is 0 Å². The van der Waals surface area contributed by atoms with Crippen molar-refractivity contribution in [3.05, 3.63) is 66.0 Å². The average molecular weight is 399 g/mol. The highest BCUT2D eigenvalue weighted by Gasteiger charge is 2.16. The summed E-state index contributed by atoms with van der Waals surface area (Å²) in [5.74, 6) is 0.989. The number of hydrogen-bond acceptors (Lipinski definition) is 4. The first-order valence-electron chi connectivity index (χ1n) is 9.15. The summed E-state index contributed by atoms with van der Waals surface area (Å²) < 4.78 is 15.3. The second-order valence-electron chi connectivity index (χ2n) is 6.87. The lowest BCUT2D eigenvalue weighted by Crippen LogP contribution is -2.28. The Bertz CT molecular complexity index is 910. The van der Waals surface area contributed by atoms with E-state index in [0.29, 0.717) is 30.0 Å². The van der Waals surface area contributed by atoms with Gasteiger partial charge in [0.15, 0.2) is 11.0 Å².